The Hall–Kier alpha value is -1.80. The first kappa shape index (κ1) is 19.0. The van der Waals surface area contributed by atoms with Crippen LogP contribution in [0.15, 0.2) is 41.4 Å². The van der Waals surface area contributed by atoms with Gasteiger partial charge >= 0.3 is 0 Å². The molecule has 138 valence electrons. The summed E-state index contributed by atoms with van der Waals surface area (Å²) in [6.07, 6.45) is 4.28. The van der Waals surface area contributed by atoms with Crippen LogP contribution >= 0.6 is 11.6 Å². The molecule has 1 atom stereocenters. The van der Waals surface area contributed by atoms with E-state index >= 15 is 0 Å². The van der Waals surface area contributed by atoms with Crippen molar-refractivity contribution in [2.45, 2.75) is 58.9 Å². The van der Waals surface area contributed by atoms with Gasteiger partial charge in [-0.05, 0) is 80.5 Å². The number of fused-ring (bicyclic) bond motifs is 1. The van der Waals surface area contributed by atoms with Gasteiger partial charge in [0.05, 0.1) is 10.7 Å². The largest absolute Gasteiger partial charge is 0.366 e. The summed E-state index contributed by atoms with van der Waals surface area (Å²) in [5.74, 6) is 0.543. The van der Waals surface area contributed by atoms with Crippen molar-refractivity contribution in [2.75, 3.05) is 11.4 Å². The Morgan fingerprint density at radius 3 is 2.69 bits per heavy atom. The van der Waals surface area contributed by atoms with Crippen molar-refractivity contribution < 1.29 is 0 Å². The van der Waals surface area contributed by atoms with Crippen LogP contribution in [0.5, 0.6) is 0 Å². The molecule has 0 N–H and O–H groups in total. The lowest BCUT2D eigenvalue weighted by molar-refractivity contribution is 0.376. The Labute approximate surface area is 162 Å². The molecule has 0 fully saturated rings. The summed E-state index contributed by atoms with van der Waals surface area (Å²) in [7, 11) is 0. The van der Waals surface area contributed by atoms with Gasteiger partial charge < -0.3 is 4.90 Å². The molecule has 0 aromatic heterocycles. The zero-order valence-electron chi connectivity index (χ0n) is 16.5. The number of anilines is 1. The van der Waals surface area contributed by atoms with E-state index in [0.717, 1.165) is 18.7 Å². The molecule has 0 saturated carbocycles. The van der Waals surface area contributed by atoms with Gasteiger partial charge in [0.1, 0.15) is 0 Å². The van der Waals surface area contributed by atoms with Gasteiger partial charge in [-0.3, -0.25) is 4.99 Å². The average molecular weight is 369 g/mol. The van der Waals surface area contributed by atoms with Crippen LogP contribution in [-0.2, 0) is 0 Å². The van der Waals surface area contributed by atoms with Crippen LogP contribution in [0.1, 0.15) is 63.1 Å². The summed E-state index contributed by atoms with van der Waals surface area (Å²) in [5, 5.41) is 0.684. The maximum Gasteiger partial charge on any atom is 0.0816 e. The third-order valence-electron chi connectivity index (χ3n) is 5.42. The molecule has 0 saturated heterocycles. The standard InChI is InChI=1S/C23H29ClN2/c1-6-11-26-22-12-16(2)18(13-19(22)17(3)14-23(26,4)5)15-25-21-10-8-7-9-20(21)24/h7-10,12-13,15,17H,6,11,14H2,1-5H3. The van der Waals surface area contributed by atoms with Crippen LogP contribution in [0.3, 0.4) is 0 Å². The van der Waals surface area contributed by atoms with Crippen molar-refractivity contribution in [2.24, 2.45) is 4.99 Å². The lowest BCUT2D eigenvalue weighted by atomic mass is 9.79. The van der Waals surface area contributed by atoms with Gasteiger partial charge in [0.2, 0.25) is 0 Å². The maximum atomic E-state index is 6.23. The highest BCUT2D eigenvalue weighted by molar-refractivity contribution is 6.33. The van der Waals surface area contributed by atoms with Crippen LogP contribution in [0.25, 0.3) is 0 Å². The normalized spacial score (nSPS) is 19.0. The first-order chi connectivity index (χ1) is 12.3. The smallest absolute Gasteiger partial charge is 0.0816 e. The molecule has 1 unspecified atom stereocenters. The molecule has 26 heavy (non-hydrogen) atoms. The van der Waals surface area contributed by atoms with E-state index in [0.29, 0.717) is 10.9 Å². The molecule has 3 rings (SSSR count). The van der Waals surface area contributed by atoms with Crippen molar-refractivity contribution in [1.29, 1.82) is 0 Å². The number of hydrogen-bond donors (Lipinski definition) is 0. The molecule has 1 aliphatic rings. The number of para-hydroxylation sites is 1. The molecule has 3 heteroatoms. The topological polar surface area (TPSA) is 15.6 Å². The zero-order valence-corrected chi connectivity index (χ0v) is 17.3. The van der Waals surface area contributed by atoms with Crippen LogP contribution in [-0.4, -0.2) is 18.3 Å². The number of hydrogen-bond acceptors (Lipinski definition) is 2. The first-order valence-corrected chi connectivity index (χ1v) is 9.92. The summed E-state index contributed by atoms with van der Waals surface area (Å²) in [5.41, 5.74) is 6.26. The molecule has 0 bridgehead atoms. The minimum absolute atomic E-state index is 0.196. The molecule has 1 aliphatic heterocycles. The van der Waals surface area contributed by atoms with Crippen LogP contribution in [0.2, 0.25) is 5.02 Å². The molecule has 0 spiro atoms. The Balaban J connectivity index is 2.02. The number of benzene rings is 2. The van der Waals surface area contributed by atoms with E-state index in [4.69, 9.17) is 11.6 Å². The summed E-state index contributed by atoms with van der Waals surface area (Å²) < 4.78 is 0. The molecule has 2 aromatic rings. The monoisotopic (exact) mass is 368 g/mol. The fourth-order valence-corrected chi connectivity index (χ4v) is 4.32. The number of nitrogens with zero attached hydrogens (tertiary/aromatic N) is 2. The second kappa shape index (κ2) is 7.44. The third kappa shape index (κ3) is 3.66. The van der Waals surface area contributed by atoms with E-state index in [9.17, 15) is 0 Å². The zero-order chi connectivity index (χ0) is 18.9. The molecule has 0 aliphatic carbocycles. The highest BCUT2D eigenvalue weighted by atomic mass is 35.5. The van der Waals surface area contributed by atoms with Gasteiger partial charge in [-0.25, -0.2) is 0 Å². The molecule has 0 amide bonds. The number of aliphatic imine (C=N–C) groups is 1. The van der Waals surface area contributed by atoms with Crippen molar-refractivity contribution in [3.8, 4) is 0 Å². The molecule has 2 aromatic carbocycles. The third-order valence-corrected chi connectivity index (χ3v) is 5.74. The highest BCUT2D eigenvalue weighted by Crippen LogP contribution is 2.44. The van der Waals surface area contributed by atoms with Crippen molar-refractivity contribution >= 4 is 29.2 Å². The number of rotatable bonds is 4. The fourth-order valence-electron chi connectivity index (χ4n) is 4.13. The van der Waals surface area contributed by atoms with Crippen LogP contribution in [0, 0.1) is 6.92 Å². The van der Waals surface area contributed by atoms with E-state index in [1.54, 1.807) is 0 Å². The number of halogens is 1. The minimum atomic E-state index is 0.196. The molecular weight excluding hydrogens is 340 g/mol. The fraction of sp³-hybridized carbons (Fsp3) is 0.435. The number of aryl methyl sites for hydroxylation is 1. The molecule has 0 radical (unpaired) electrons. The van der Waals surface area contributed by atoms with Gasteiger partial charge in [0.25, 0.3) is 0 Å². The maximum absolute atomic E-state index is 6.23. The predicted octanol–water partition coefficient (Wildman–Crippen LogP) is 6.90. The lowest BCUT2D eigenvalue weighted by Crippen LogP contribution is -2.48. The van der Waals surface area contributed by atoms with Gasteiger partial charge in [0.15, 0.2) is 0 Å². The van der Waals surface area contributed by atoms with E-state index in [1.165, 1.54) is 28.8 Å². The molecule has 2 nitrogen and oxygen atoms in total. The summed E-state index contributed by atoms with van der Waals surface area (Å²) in [6, 6.07) is 12.4. The quantitative estimate of drug-likeness (QED) is 0.536. The van der Waals surface area contributed by atoms with Crippen molar-refractivity contribution in [3.63, 3.8) is 0 Å². The highest BCUT2D eigenvalue weighted by Gasteiger charge is 2.36. The molecule has 1 heterocycles. The Morgan fingerprint density at radius 1 is 1.27 bits per heavy atom. The lowest BCUT2D eigenvalue weighted by Gasteiger charge is -2.48. The predicted molar refractivity (Wildman–Crippen MR) is 115 cm³/mol. The average Bonchev–Trinajstić information content (AvgIpc) is 2.58. The SMILES string of the molecule is CCCN1c2cc(C)c(C=Nc3ccccc3Cl)cc2C(C)CC1(C)C. The Kier molecular flexibility index (Phi) is 5.43. The van der Waals surface area contributed by atoms with Crippen LogP contribution < -0.4 is 4.90 Å². The van der Waals surface area contributed by atoms with Gasteiger partial charge in [-0.15, -0.1) is 0 Å². The van der Waals surface area contributed by atoms with E-state index < -0.39 is 0 Å². The van der Waals surface area contributed by atoms with Crippen molar-refractivity contribution in [1.82, 2.24) is 0 Å². The Bertz CT molecular complexity index is 823. The summed E-state index contributed by atoms with van der Waals surface area (Å²) in [4.78, 5) is 7.21. The van der Waals surface area contributed by atoms with E-state index in [-0.39, 0.29) is 5.54 Å². The van der Waals surface area contributed by atoms with Gasteiger partial charge in [-0.2, -0.15) is 0 Å². The van der Waals surface area contributed by atoms with Gasteiger partial charge in [0, 0.05) is 24.0 Å². The van der Waals surface area contributed by atoms with Crippen LogP contribution in [0.4, 0.5) is 11.4 Å². The summed E-state index contributed by atoms with van der Waals surface area (Å²) in [6.45, 7) is 12.6. The van der Waals surface area contributed by atoms with Gasteiger partial charge in [-0.1, -0.05) is 37.6 Å². The van der Waals surface area contributed by atoms with E-state index in [1.807, 2.05) is 30.5 Å². The Morgan fingerprint density at radius 2 is 2.00 bits per heavy atom. The van der Waals surface area contributed by atoms with Crippen molar-refractivity contribution in [3.05, 3.63) is 58.1 Å². The minimum Gasteiger partial charge on any atom is -0.366 e. The second-order valence-electron chi connectivity index (χ2n) is 8.05. The second-order valence-corrected chi connectivity index (χ2v) is 8.45. The van der Waals surface area contributed by atoms with E-state index in [2.05, 4.69) is 56.6 Å². The summed E-state index contributed by atoms with van der Waals surface area (Å²) >= 11 is 6.23. The first-order valence-electron chi connectivity index (χ1n) is 9.54. The molecular formula is C23H29ClN2.